The molecule has 1 N–H and O–H groups in total. The minimum Gasteiger partial charge on any atom is -0.357 e. The first-order valence-corrected chi connectivity index (χ1v) is 10.5. The van der Waals surface area contributed by atoms with Gasteiger partial charge in [-0.1, -0.05) is 18.6 Å². The minimum absolute atomic E-state index is 0.103. The molecule has 1 aromatic carbocycles. The number of amides is 1. The van der Waals surface area contributed by atoms with E-state index in [1.165, 1.54) is 25.7 Å². The predicted molar refractivity (Wildman–Crippen MR) is 111 cm³/mol. The molecular weight excluding hydrogens is 336 g/mol. The molecule has 1 aliphatic carbocycles. The Balaban J connectivity index is 1.63. The fraction of sp³-hybridized carbons (Fsp3) is 0.636. The number of hydrogen-bond donors (Lipinski definition) is 1. The number of carbonyl (C=O) groups is 1. The highest BCUT2D eigenvalue weighted by Crippen LogP contribution is 2.47. The van der Waals surface area contributed by atoms with Gasteiger partial charge < -0.3 is 15.1 Å². The summed E-state index contributed by atoms with van der Waals surface area (Å²) in [5.41, 5.74) is 2.46. The maximum atomic E-state index is 12.4. The molecule has 1 heterocycles. The Morgan fingerprint density at radius 1 is 1.15 bits per heavy atom. The van der Waals surface area contributed by atoms with Crippen LogP contribution in [-0.2, 0) is 6.54 Å². The number of nitrogens with one attached hydrogen (secondary N) is 1. The van der Waals surface area contributed by atoms with Gasteiger partial charge in [0.05, 0.1) is 6.54 Å². The normalized spacial score (nSPS) is 18.5. The average molecular weight is 371 g/mol. The molecule has 1 amide bonds. The van der Waals surface area contributed by atoms with Crippen LogP contribution in [0.4, 0.5) is 0 Å². The van der Waals surface area contributed by atoms with Gasteiger partial charge in [-0.3, -0.25) is 4.79 Å². The minimum atomic E-state index is 0.103. The zero-order valence-corrected chi connectivity index (χ0v) is 17.1. The predicted octanol–water partition coefficient (Wildman–Crippen LogP) is 3.51. The smallest absolute Gasteiger partial charge is 0.253 e. The van der Waals surface area contributed by atoms with Gasteiger partial charge in [0.15, 0.2) is 5.96 Å². The maximum Gasteiger partial charge on any atom is 0.253 e. The van der Waals surface area contributed by atoms with Gasteiger partial charge in [-0.05, 0) is 63.1 Å². The van der Waals surface area contributed by atoms with Crippen molar-refractivity contribution in [3.8, 4) is 0 Å². The topological polar surface area (TPSA) is 47.9 Å². The Bertz CT molecular complexity index is 659. The molecule has 1 saturated heterocycles. The van der Waals surface area contributed by atoms with Gasteiger partial charge in [0.2, 0.25) is 0 Å². The lowest BCUT2D eigenvalue weighted by molar-refractivity contribution is 0.0773. The van der Waals surface area contributed by atoms with Crippen LogP contribution >= 0.6 is 0 Å². The van der Waals surface area contributed by atoms with Crippen LogP contribution in [0, 0.1) is 5.41 Å². The molecule has 1 saturated carbocycles. The van der Waals surface area contributed by atoms with Gasteiger partial charge in [-0.25, -0.2) is 4.99 Å². The molecule has 5 heteroatoms. The van der Waals surface area contributed by atoms with Crippen molar-refractivity contribution in [3.05, 3.63) is 35.4 Å². The Labute approximate surface area is 163 Å². The van der Waals surface area contributed by atoms with Crippen molar-refractivity contribution in [2.75, 3.05) is 32.7 Å². The largest absolute Gasteiger partial charge is 0.357 e. The lowest BCUT2D eigenvalue weighted by Crippen LogP contribution is -2.42. The summed E-state index contributed by atoms with van der Waals surface area (Å²) in [6.45, 7) is 11.4. The lowest BCUT2D eigenvalue weighted by atomic mass is 9.68. The van der Waals surface area contributed by atoms with Gasteiger partial charge >= 0.3 is 0 Å². The third kappa shape index (κ3) is 4.45. The maximum absolute atomic E-state index is 12.4. The molecule has 0 atom stereocenters. The molecule has 0 unspecified atom stereocenters. The number of benzene rings is 1. The van der Waals surface area contributed by atoms with Crippen molar-refractivity contribution >= 4 is 11.9 Å². The van der Waals surface area contributed by atoms with Crippen LogP contribution in [0.1, 0.15) is 62.4 Å². The molecule has 0 bridgehead atoms. The molecule has 1 aromatic rings. The summed E-state index contributed by atoms with van der Waals surface area (Å²) in [5.74, 6) is 1.14. The fourth-order valence-electron chi connectivity index (χ4n) is 4.24. The third-order valence-electron chi connectivity index (χ3n) is 6.15. The second kappa shape index (κ2) is 8.77. The van der Waals surface area contributed by atoms with E-state index in [2.05, 4.69) is 17.1 Å². The van der Waals surface area contributed by atoms with Gasteiger partial charge in [0.1, 0.15) is 0 Å². The van der Waals surface area contributed by atoms with Crippen LogP contribution < -0.4 is 5.32 Å². The van der Waals surface area contributed by atoms with Crippen LogP contribution in [-0.4, -0.2) is 54.4 Å². The monoisotopic (exact) mass is 370 g/mol. The highest BCUT2D eigenvalue weighted by Gasteiger charge is 2.43. The van der Waals surface area contributed by atoms with Crippen molar-refractivity contribution in [1.82, 2.24) is 15.1 Å². The first kappa shape index (κ1) is 19.7. The molecule has 1 spiro atoms. The second-order valence-corrected chi connectivity index (χ2v) is 7.87. The molecule has 148 valence electrons. The van der Waals surface area contributed by atoms with Gasteiger partial charge in [0, 0.05) is 38.3 Å². The van der Waals surface area contributed by atoms with Crippen molar-refractivity contribution < 1.29 is 4.79 Å². The van der Waals surface area contributed by atoms with E-state index in [0.717, 1.165) is 49.8 Å². The number of rotatable bonds is 6. The molecule has 1 aliphatic heterocycles. The molecule has 0 aromatic heterocycles. The van der Waals surface area contributed by atoms with E-state index in [1.54, 1.807) is 0 Å². The molecular formula is C22H34N4O. The van der Waals surface area contributed by atoms with E-state index in [9.17, 15) is 4.79 Å². The van der Waals surface area contributed by atoms with E-state index < -0.39 is 0 Å². The van der Waals surface area contributed by atoms with Crippen molar-refractivity contribution in [1.29, 1.82) is 0 Å². The Kier molecular flexibility index (Phi) is 6.40. The lowest BCUT2D eigenvalue weighted by Gasteiger charge is -2.38. The van der Waals surface area contributed by atoms with Crippen LogP contribution in [0.25, 0.3) is 0 Å². The molecule has 27 heavy (non-hydrogen) atoms. The van der Waals surface area contributed by atoms with E-state index in [-0.39, 0.29) is 5.91 Å². The van der Waals surface area contributed by atoms with Crippen molar-refractivity contribution in [2.24, 2.45) is 10.4 Å². The zero-order valence-electron chi connectivity index (χ0n) is 17.1. The molecule has 2 fully saturated rings. The fourth-order valence-corrected chi connectivity index (χ4v) is 4.24. The Hall–Kier alpha value is -2.04. The summed E-state index contributed by atoms with van der Waals surface area (Å²) < 4.78 is 0. The number of carbonyl (C=O) groups excluding carboxylic acids is 1. The number of nitrogens with zero attached hydrogens (tertiary/aromatic N) is 3. The quantitative estimate of drug-likeness (QED) is 0.616. The van der Waals surface area contributed by atoms with Gasteiger partial charge in [0.25, 0.3) is 5.91 Å². The summed E-state index contributed by atoms with van der Waals surface area (Å²) in [6, 6.07) is 7.91. The summed E-state index contributed by atoms with van der Waals surface area (Å²) in [4.78, 5) is 21.6. The standard InChI is InChI=1S/C22H34N4O/c1-4-23-21(26-15-14-22(17-26)12-7-13-22)24-16-18-8-10-19(11-9-18)20(27)25(5-2)6-3/h8-11H,4-7,12-17H2,1-3H3,(H,23,24). The summed E-state index contributed by atoms with van der Waals surface area (Å²) >= 11 is 0. The number of hydrogen-bond acceptors (Lipinski definition) is 2. The molecule has 0 radical (unpaired) electrons. The van der Waals surface area contributed by atoms with Crippen LogP contribution in [0.15, 0.2) is 29.3 Å². The Morgan fingerprint density at radius 3 is 2.37 bits per heavy atom. The highest BCUT2D eigenvalue weighted by molar-refractivity contribution is 5.94. The number of aliphatic imine (C=N–C) groups is 1. The van der Waals surface area contributed by atoms with E-state index in [0.29, 0.717) is 12.0 Å². The molecule has 5 nitrogen and oxygen atoms in total. The van der Waals surface area contributed by atoms with Gasteiger partial charge in [-0.15, -0.1) is 0 Å². The van der Waals surface area contributed by atoms with Crippen LogP contribution in [0.2, 0.25) is 0 Å². The average Bonchev–Trinajstić information content (AvgIpc) is 3.12. The highest BCUT2D eigenvalue weighted by atomic mass is 16.2. The summed E-state index contributed by atoms with van der Waals surface area (Å²) in [7, 11) is 0. The first-order chi connectivity index (χ1) is 13.1. The van der Waals surface area contributed by atoms with Crippen LogP contribution in [0.3, 0.4) is 0 Å². The van der Waals surface area contributed by atoms with Crippen LogP contribution in [0.5, 0.6) is 0 Å². The van der Waals surface area contributed by atoms with E-state index in [4.69, 9.17) is 4.99 Å². The molecule has 3 rings (SSSR count). The summed E-state index contributed by atoms with van der Waals surface area (Å²) in [5, 5.41) is 3.46. The third-order valence-corrected chi connectivity index (χ3v) is 6.15. The number of likely N-dealkylation sites (tertiary alicyclic amines) is 1. The van der Waals surface area contributed by atoms with Gasteiger partial charge in [-0.2, -0.15) is 0 Å². The number of guanidine groups is 1. The summed E-state index contributed by atoms with van der Waals surface area (Å²) in [6.07, 6.45) is 5.45. The second-order valence-electron chi connectivity index (χ2n) is 7.87. The van der Waals surface area contributed by atoms with Crippen molar-refractivity contribution in [3.63, 3.8) is 0 Å². The van der Waals surface area contributed by atoms with E-state index >= 15 is 0 Å². The van der Waals surface area contributed by atoms with Crippen molar-refractivity contribution in [2.45, 2.75) is 53.0 Å². The SMILES string of the molecule is CCNC(=NCc1ccc(C(=O)N(CC)CC)cc1)N1CCC2(CCC2)C1. The zero-order chi connectivity index (χ0) is 19.3. The Morgan fingerprint density at radius 2 is 1.85 bits per heavy atom. The van der Waals surface area contributed by atoms with E-state index in [1.807, 2.05) is 43.0 Å². The molecule has 2 aliphatic rings. The first-order valence-electron chi connectivity index (χ1n) is 10.5.